The SMILES string of the molecule is N[SiH](F)C1CCCCO1. The van der Waals surface area contributed by atoms with Crippen LogP contribution in [-0.2, 0) is 4.74 Å². The molecule has 0 aliphatic carbocycles. The van der Waals surface area contributed by atoms with Crippen molar-refractivity contribution in [3.63, 3.8) is 0 Å². The highest BCUT2D eigenvalue weighted by atomic mass is 28.3. The van der Waals surface area contributed by atoms with Crippen LogP contribution in [0.2, 0.25) is 0 Å². The maximum absolute atomic E-state index is 12.4. The summed E-state index contributed by atoms with van der Waals surface area (Å²) in [6.07, 6.45) is 2.98. The van der Waals surface area contributed by atoms with Gasteiger partial charge >= 0.3 is 9.29 Å². The lowest BCUT2D eigenvalue weighted by Crippen LogP contribution is -2.40. The van der Waals surface area contributed by atoms with E-state index in [2.05, 4.69) is 0 Å². The molecule has 54 valence electrons. The van der Waals surface area contributed by atoms with E-state index >= 15 is 0 Å². The molecule has 2 N–H and O–H groups in total. The van der Waals surface area contributed by atoms with Crippen molar-refractivity contribution in [1.29, 1.82) is 0 Å². The maximum atomic E-state index is 12.4. The van der Waals surface area contributed by atoms with Gasteiger partial charge in [0.1, 0.15) is 0 Å². The van der Waals surface area contributed by atoms with E-state index in [-0.39, 0.29) is 5.73 Å². The smallest absolute Gasteiger partial charge is 0.330 e. The highest BCUT2D eigenvalue weighted by Crippen LogP contribution is 2.13. The molecular formula is C5H12FNOSi. The van der Waals surface area contributed by atoms with Crippen LogP contribution in [0.5, 0.6) is 0 Å². The lowest BCUT2D eigenvalue weighted by Gasteiger charge is -2.21. The van der Waals surface area contributed by atoms with E-state index in [1.54, 1.807) is 0 Å². The minimum atomic E-state index is -2.47. The van der Waals surface area contributed by atoms with Crippen molar-refractivity contribution < 1.29 is 8.84 Å². The van der Waals surface area contributed by atoms with Crippen molar-refractivity contribution in [2.45, 2.75) is 25.0 Å². The normalized spacial score (nSPS) is 32.0. The number of rotatable bonds is 1. The van der Waals surface area contributed by atoms with Gasteiger partial charge in [0.15, 0.2) is 0 Å². The first-order valence-corrected chi connectivity index (χ1v) is 5.09. The van der Waals surface area contributed by atoms with E-state index in [1.165, 1.54) is 0 Å². The van der Waals surface area contributed by atoms with Crippen molar-refractivity contribution in [3.8, 4) is 0 Å². The number of halogens is 1. The molecule has 0 bridgehead atoms. The van der Waals surface area contributed by atoms with Gasteiger partial charge in [-0.25, -0.2) is 0 Å². The second kappa shape index (κ2) is 3.29. The summed E-state index contributed by atoms with van der Waals surface area (Å²) >= 11 is 0. The van der Waals surface area contributed by atoms with Crippen LogP contribution in [-0.4, -0.2) is 21.6 Å². The van der Waals surface area contributed by atoms with Gasteiger partial charge in [-0.3, -0.25) is 4.11 Å². The Labute approximate surface area is 56.0 Å². The lowest BCUT2D eigenvalue weighted by molar-refractivity contribution is 0.0582. The fraction of sp³-hybridized carbons (Fsp3) is 1.00. The fourth-order valence-electron chi connectivity index (χ4n) is 1.02. The van der Waals surface area contributed by atoms with Gasteiger partial charge in [-0.05, 0) is 19.3 Å². The van der Waals surface area contributed by atoms with Gasteiger partial charge in [0.25, 0.3) is 0 Å². The van der Waals surface area contributed by atoms with Gasteiger partial charge in [0.2, 0.25) is 0 Å². The second-order valence-electron chi connectivity index (χ2n) is 2.35. The Morgan fingerprint density at radius 3 is 2.67 bits per heavy atom. The Bertz CT molecular complexity index is 85.0. The highest BCUT2D eigenvalue weighted by Gasteiger charge is 2.22. The molecule has 4 heteroatoms. The first kappa shape index (κ1) is 7.18. The van der Waals surface area contributed by atoms with E-state index in [1.807, 2.05) is 0 Å². The Morgan fingerprint density at radius 2 is 2.33 bits per heavy atom. The number of nitrogens with two attached hydrogens (primary N) is 1. The maximum Gasteiger partial charge on any atom is 0.330 e. The Kier molecular flexibility index (Phi) is 2.62. The molecule has 0 radical (unpaired) electrons. The van der Waals surface area contributed by atoms with Crippen molar-refractivity contribution in [1.82, 2.24) is 0 Å². The molecule has 0 saturated carbocycles. The lowest BCUT2D eigenvalue weighted by atomic mass is 10.2. The average molecular weight is 149 g/mol. The van der Waals surface area contributed by atoms with Crippen LogP contribution in [0.3, 0.4) is 0 Å². The zero-order valence-electron chi connectivity index (χ0n) is 5.35. The number of hydrogen-bond acceptors (Lipinski definition) is 2. The molecule has 2 atom stereocenters. The molecule has 2 unspecified atom stereocenters. The zero-order valence-corrected chi connectivity index (χ0v) is 6.50. The topological polar surface area (TPSA) is 35.2 Å². The van der Waals surface area contributed by atoms with Crippen molar-refractivity contribution in [2.24, 2.45) is 5.40 Å². The summed E-state index contributed by atoms with van der Waals surface area (Å²) in [5.41, 5.74) is -0.196. The Hall–Kier alpha value is 0.0669. The summed E-state index contributed by atoms with van der Waals surface area (Å²) in [5.74, 6) is 0. The van der Waals surface area contributed by atoms with Crippen LogP contribution in [0.4, 0.5) is 4.11 Å². The molecule has 9 heavy (non-hydrogen) atoms. The van der Waals surface area contributed by atoms with E-state index in [0.29, 0.717) is 6.61 Å². The average Bonchev–Trinajstić information content (AvgIpc) is 1.90. The summed E-state index contributed by atoms with van der Waals surface area (Å²) in [6.45, 7) is 0.704. The Morgan fingerprint density at radius 1 is 1.56 bits per heavy atom. The molecular weight excluding hydrogens is 137 g/mol. The molecule has 1 saturated heterocycles. The summed E-state index contributed by atoms with van der Waals surface area (Å²) in [7, 11) is -2.47. The van der Waals surface area contributed by atoms with Crippen molar-refractivity contribution in [3.05, 3.63) is 0 Å². The van der Waals surface area contributed by atoms with Gasteiger partial charge in [0.05, 0.1) is 5.73 Å². The summed E-state index contributed by atoms with van der Waals surface area (Å²) < 4.78 is 17.5. The number of hydrogen-bond donors (Lipinski definition) is 1. The molecule has 0 aromatic rings. The van der Waals surface area contributed by atoms with Gasteiger partial charge in [-0.1, -0.05) is 0 Å². The van der Waals surface area contributed by atoms with E-state index in [4.69, 9.17) is 10.1 Å². The monoisotopic (exact) mass is 149 g/mol. The predicted molar refractivity (Wildman–Crippen MR) is 36.0 cm³/mol. The van der Waals surface area contributed by atoms with Crippen LogP contribution in [0, 0.1) is 0 Å². The third-order valence-electron chi connectivity index (χ3n) is 1.57. The third-order valence-corrected chi connectivity index (χ3v) is 2.81. The van der Waals surface area contributed by atoms with E-state index in [0.717, 1.165) is 19.3 Å². The van der Waals surface area contributed by atoms with Crippen LogP contribution in [0.1, 0.15) is 19.3 Å². The second-order valence-corrected chi connectivity index (χ2v) is 3.98. The van der Waals surface area contributed by atoms with Crippen molar-refractivity contribution >= 4 is 9.29 Å². The van der Waals surface area contributed by atoms with Crippen LogP contribution < -0.4 is 5.40 Å². The first-order chi connectivity index (χ1) is 4.30. The van der Waals surface area contributed by atoms with Crippen LogP contribution >= 0.6 is 0 Å². The predicted octanol–water partition coefficient (Wildman–Crippen LogP) is 0.243. The first-order valence-electron chi connectivity index (χ1n) is 3.32. The zero-order chi connectivity index (χ0) is 6.69. The van der Waals surface area contributed by atoms with Gasteiger partial charge in [0, 0.05) is 6.61 Å². The molecule has 1 aliphatic heterocycles. The van der Waals surface area contributed by atoms with E-state index < -0.39 is 9.29 Å². The van der Waals surface area contributed by atoms with Crippen LogP contribution in [0.25, 0.3) is 0 Å². The van der Waals surface area contributed by atoms with Crippen LogP contribution in [0.15, 0.2) is 0 Å². The molecule has 1 aliphatic rings. The minimum Gasteiger partial charge on any atom is -0.377 e. The standard InChI is InChI=1S/C5H12FNOSi/c6-9(7)5-3-1-2-4-8-5/h5,9H,1-4,7H2. The summed E-state index contributed by atoms with van der Waals surface area (Å²) in [6, 6.07) is 0. The summed E-state index contributed by atoms with van der Waals surface area (Å²) in [4.78, 5) is 0. The van der Waals surface area contributed by atoms with Crippen molar-refractivity contribution in [2.75, 3.05) is 6.61 Å². The fourth-order valence-corrected chi connectivity index (χ4v) is 1.89. The summed E-state index contributed by atoms with van der Waals surface area (Å²) in [5, 5.41) is 5.11. The minimum absolute atomic E-state index is 0.196. The van der Waals surface area contributed by atoms with Gasteiger partial charge in [-0.15, -0.1) is 0 Å². The molecule has 0 amide bonds. The number of ether oxygens (including phenoxy) is 1. The third kappa shape index (κ3) is 2.04. The molecule has 1 fully saturated rings. The molecule has 0 aromatic heterocycles. The molecule has 2 nitrogen and oxygen atoms in total. The molecule has 0 aromatic carbocycles. The quantitative estimate of drug-likeness (QED) is 0.428. The van der Waals surface area contributed by atoms with Gasteiger partial charge < -0.3 is 10.1 Å². The molecule has 1 rings (SSSR count). The highest BCUT2D eigenvalue weighted by molar-refractivity contribution is 6.48. The largest absolute Gasteiger partial charge is 0.377 e. The Balaban J connectivity index is 2.23. The van der Waals surface area contributed by atoms with E-state index in [9.17, 15) is 4.11 Å². The molecule has 1 heterocycles. The molecule has 0 spiro atoms. The van der Waals surface area contributed by atoms with Gasteiger partial charge in [-0.2, -0.15) is 0 Å².